The van der Waals surface area contributed by atoms with Gasteiger partial charge in [0.25, 0.3) is 0 Å². The van der Waals surface area contributed by atoms with Crippen LogP contribution in [0.15, 0.2) is 30.3 Å². The van der Waals surface area contributed by atoms with Crippen molar-refractivity contribution in [2.24, 2.45) is 0 Å². The normalized spacial score (nSPS) is 14.8. The number of hydrogen-bond acceptors (Lipinski definition) is 4. The molecule has 0 fully saturated rings. The topological polar surface area (TPSA) is 12.5 Å². The van der Waals surface area contributed by atoms with Gasteiger partial charge in [0, 0.05) is 11.8 Å². The van der Waals surface area contributed by atoms with Crippen LogP contribution < -0.4 is 0 Å². The Hall–Kier alpha value is 0.0700. The van der Waals surface area contributed by atoms with Crippen molar-refractivity contribution in [1.29, 1.82) is 0 Å². The molecule has 0 bridgehead atoms. The number of hydrogen-bond donors (Lipinski definition) is 0. The molecule has 0 saturated heterocycles. The smallest absolute Gasteiger partial charge is 0.213 e. The second kappa shape index (κ2) is 12.4. The molecule has 1 aromatic rings. The minimum Gasteiger partial charge on any atom is -0.327 e. The molecule has 1 rings (SSSR count). The predicted octanol–water partition coefficient (Wildman–Crippen LogP) is 6.45. The Kier molecular flexibility index (Phi) is 11.4. The van der Waals surface area contributed by atoms with Crippen LogP contribution in [-0.2, 0) is 22.8 Å². The molecule has 6 heteroatoms. The summed E-state index contributed by atoms with van der Waals surface area (Å²) in [5.74, 6) is 0. The summed E-state index contributed by atoms with van der Waals surface area (Å²) in [7, 11) is 0. The monoisotopic (exact) mass is 403 g/mol. The molecule has 0 saturated carbocycles. The zero-order valence-electron chi connectivity index (χ0n) is 15.0. The van der Waals surface area contributed by atoms with Crippen molar-refractivity contribution in [3.8, 4) is 0 Å². The summed E-state index contributed by atoms with van der Waals surface area (Å²) in [6, 6.07) is 10.7. The third kappa shape index (κ3) is 7.97. The molecule has 2 nitrogen and oxygen atoms in total. The van der Waals surface area contributed by atoms with Crippen LogP contribution in [0.5, 0.6) is 0 Å². The molecule has 0 spiro atoms. The van der Waals surface area contributed by atoms with Crippen LogP contribution in [0.3, 0.4) is 0 Å². The Bertz CT molecular complexity index is 512. The SMILES string of the molecule is CCOP(=S)(SC(C)CC)N(C=S)CCCCCc1ccccc1. The van der Waals surface area contributed by atoms with Crippen LogP contribution in [-0.4, -0.2) is 28.6 Å². The number of nitrogens with zero attached hydrogens (tertiary/aromatic N) is 1. The first-order valence-electron chi connectivity index (χ1n) is 8.75. The summed E-state index contributed by atoms with van der Waals surface area (Å²) in [5.41, 5.74) is 1.05. The molecule has 0 aliphatic heterocycles. The molecule has 136 valence electrons. The fourth-order valence-corrected chi connectivity index (χ4v) is 10.00. The average molecular weight is 404 g/mol. The Morgan fingerprint density at radius 3 is 2.50 bits per heavy atom. The molecular formula is C18H30NOPS3. The largest absolute Gasteiger partial charge is 0.327 e. The first kappa shape index (κ1) is 22.1. The molecule has 0 heterocycles. The number of rotatable bonds is 13. The van der Waals surface area contributed by atoms with E-state index in [1.165, 1.54) is 18.4 Å². The van der Waals surface area contributed by atoms with Gasteiger partial charge in [0.2, 0.25) is 5.62 Å². The van der Waals surface area contributed by atoms with Crippen molar-refractivity contribution in [3.63, 3.8) is 0 Å². The van der Waals surface area contributed by atoms with E-state index in [1.54, 1.807) is 16.9 Å². The van der Waals surface area contributed by atoms with Crippen molar-refractivity contribution in [3.05, 3.63) is 35.9 Å². The molecule has 24 heavy (non-hydrogen) atoms. The predicted molar refractivity (Wildman–Crippen MR) is 118 cm³/mol. The highest BCUT2D eigenvalue weighted by Crippen LogP contribution is 2.64. The van der Waals surface area contributed by atoms with E-state index in [-0.39, 0.29) is 0 Å². The number of unbranched alkanes of at least 4 members (excludes halogenated alkanes) is 2. The van der Waals surface area contributed by atoms with Crippen LogP contribution in [0.1, 0.15) is 52.0 Å². The fourth-order valence-electron chi connectivity index (χ4n) is 2.29. The molecule has 0 N–H and O–H groups in total. The van der Waals surface area contributed by atoms with Gasteiger partial charge in [-0.15, -0.1) is 0 Å². The quantitative estimate of drug-likeness (QED) is 0.212. The zero-order chi connectivity index (χ0) is 17.8. The lowest BCUT2D eigenvalue weighted by molar-refractivity contribution is 0.361. The van der Waals surface area contributed by atoms with Gasteiger partial charge in [-0.3, -0.25) is 0 Å². The molecule has 1 aromatic carbocycles. The van der Waals surface area contributed by atoms with Crippen LogP contribution >= 0.6 is 29.2 Å². The van der Waals surface area contributed by atoms with Crippen LogP contribution in [0.4, 0.5) is 0 Å². The Labute approximate surface area is 162 Å². The summed E-state index contributed by atoms with van der Waals surface area (Å²) in [4.78, 5) is 0. The van der Waals surface area contributed by atoms with Gasteiger partial charge in [0.05, 0.1) is 12.1 Å². The van der Waals surface area contributed by atoms with Crippen LogP contribution in [0, 0.1) is 0 Å². The highest BCUT2D eigenvalue weighted by atomic mass is 32.9. The molecule has 0 aliphatic carbocycles. The van der Waals surface area contributed by atoms with Gasteiger partial charge in [0.1, 0.15) is 0 Å². The van der Waals surface area contributed by atoms with Gasteiger partial charge in [0.15, 0.2) is 0 Å². The Morgan fingerprint density at radius 2 is 1.92 bits per heavy atom. The van der Waals surface area contributed by atoms with Crippen molar-refractivity contribution in [1.82, 2.24) is 4.67 Å². The third-order valence-corrected chi connectivity index (χ3v) is 11.3. The van der Waals surface area contributed by atoms with E-state index in [9.17, 15) is 0 Å². The van der Waals surface area contributed by atoms with Gasteiger partial charge >= 0.3 is 0 Å². The van der Waals surface area contributed by atoms with Crippen molar-refractivity contribution in [2.75, 3.05) is 13.2 Å². The van der Waals surface area contributed by atoms with E-state index in [1.807, 2.05) is 6.92 Å². The molecule has 2 atom stereocenters. The maximum atomic E-state index is 6.00. The summed E-state index contributed by atoms with van der Waals surface area (Å²) in [6.07, 6.45) is 5.72. The summed E-state index contributed by atoms with van der Waals surface area (Å²) in [5, 5.41) is 0.498. The van der Waals surface area contributed by atoms with Crippen molar-refractivity contribution < 1.29 is 4.52 Å². The van der Waals surface area contributed by atoms with Crippen molar-refractivity contribution in [2.45, 2.75) is 58.1 Å². The van der Waals surface area contributed by atoms with Crippen LogP contribution in [0.25, 0.3) is 0 Å². The third-order valence-electron chi connectivity index (χ3n) is 3.81. The zero-order valence-corrected chi connectivity index (χ0v) is 18.4. The highest BCUT2D eigenvalue weighted by Gasteiger charge is 2.27. The van der Waals surface area contributed by atoms with E-state index in [0.717, 1.165) is 25.8 Å². The number of aryl methyl sites for hydroxylation is 1. The summed E-state index contributed by atoms with van der Waals surface area (Å²) in [6.45, 7) is 7.97. The van der Waals surface area contributed by atoms with E-state index in [4.69, 9.17) is 28.5 Å². The van der Waals surface area contributed by atoms with E-state index < -0.39 is 5.62 Å². The fraction of sp³-hybridized carbons (Fsp3) is 0.611. The van der Waals surface area contributed by atoms with Gasteiger partial charge in [-0.25, -0.2) is 0 Å². The van der Waals surface area contributed by atoms with E-state index in [2.05, 4.69) is 48.8 Å². The van der Waals surface area contributed by atoms with E-state index >= 15 is 0 Å². The van der Waals surface area contributed by atoms with E-state index in [0.29, 0.717) is 11.9 Å². The Balaban J connectivity index is 2.45. The van der Waals surface area contributed by atoms with Crippen LogP contribution in [0.2, 0.25) is 0 Å². The lowest BCUT2D eigenvalue weighted by atomic mass is 10.1. The number of thiocarbonyl (C=S) groups is 1. The molecule has 0 radical (unpaired) electrons. The van der Waals surface area contributed by atoms with Gasteiger partial charge in [-0.05, 0) is 50.0 Å². The highest BCUT2D eigenvalue weighted by molar-refractivity contribution is 8.69. The second-order valence-electron chi connectivity index (χ2n) is 5.78. The van der Waals surface area contributed by atoms with Crippen molar-refractivity contribution >= 4 is 46.5 Å². The second-order valence-corrected chi connectivity index (χ2v) is 13.0. The Morgan fingerprint density at radius 1 is 1.21 bits per heavy atom. The van der Waals surface area contributed by atoms with Gasteiger partial charge in [-0.2, -0.15) is 0 Å². The molecule has 0 aromatic heterocycles. The lowest BCUT2D eigenvalue weighted by Gasteiger charge is -2.33. The van der Waals surface area contributed by atoms with Gasteiger partial charge in [-0.1, -0.05) is 74.2 Å². The molecule has 2 unspecified atom stereocenters. The lowest BCUT2D eigenvalue weighted by Crippen LogP contribution is -2.20. The minimum absolute atomic E-state index is 0.498. The summed E-state index contributed by atoms with van der Waals surface area (Å²) < 4.78 is 8.12. The first-order chi connectivity index (χ1) is 11.6. The molecular weight excluding hydrogens is 373 g/mol. The maximum absolute atomic E-state index is 6.00. The molecule has 0 amide bonds. The summed E-state index contributed by atoms with van der Waals surface area (Å²) >= 11 is 12.9. The van der Waals surface area contributed by atoms with Gasteiger partial charge < -0.3 is 9.19 Å². The first-order valence-corrected chi connectivity index (χ1v) is 13.4. The molecule has 0 aliphatic rings. The average Bonchev–Trinajstić information content (AvgIpc) is 2.58. The standard InChI is InChI=1S/C18H30NOPS3/c1-4-17(3)24-21(23,20-5-2)19(16-22)15-11-7-10-14-18-12-8-6-9-13-18/h6,8-9,12-13,16-17H,4-5,7,10-11,14-15H2,1-3H3. The minimum atomic E-state index is -2.09. The number of benzene rings is 1. The maximum Gasteiger partial charge on any atom is 0.213 e.